The molecule has 0 spiro atoms. The van der Waals surface area contributed by atoms with E-state index < -0.39 is 0 Å². The summed E-state index contributed by atoms with van der Waals surface area (Å²) in [6, 6.07) is 8.32. The van der Waals surface area contributed by atoms with Crippen LogP contribution in [0.2, 0.25) is 0 Å². The number of hydrogen-bond acceptors (Lipinski definition) is 1. The van der Waals surface area contributed by atoms with Gasteiger partial charge < -0.3 is 4.57 Å². The number of hydrogen-bond donors (Lipinski definition) is 0. The summed E-state index contributed by atoms with van der Waals surface area (Å²) in [7, 11) is 0. The van der Waals surface area contributed by atoms with E-state index in [1.165, 1.54) is 11.3 Å². The van der Waals surface area contributed by atoms with Gasteiger partial charge in [0.2, 0.25) is 0 Å². The molecule has 0 amide bonds. The third kappa shape index (κ3) is 2.22. The highest BCUT2D eigenvalue weighted by Gasteiger charge is 2.07. The van der Waals surface area contributed by atoms with Crippen LogP contribution in [0.3, 0.4) is 0 Å². The molecule has 0 atom stereocenters. The van der Waals surface area contributed by atoms with Gasteiger partial charge in [-0.05, 0) is 31.9 Å². The minimum absolute atomic E-state index is 0.742. The van der Waals surface area contributed by atoms with E-state index >= 15 is 0 Å². The van der Waals surface area contributed by atoms with E-state index in [-0.39, 0.29) is 0 Å². The molecule has 0 fully saturated rings. The van der Waals surface area contributed by atoms with Crippen molar-refractivity contribution < 1.29 is 0 Å². The molecule has 0 radical (unpaired) electrons. The van der Waals surface area contributed by atoms with Crippen molar-refractivity contribution in [2.24, 2.45) is 0 Å². The summed E-state index contributed by atoms with van der Waals surface area (Å²) in [5.41, 5.74) is 2.34. The fraction of sp³-hybridized carbons (Fsp3) is 0.462. The zero-order chi connectivity index (χ0) is 11.4. The molecule has 3 heteroatoms. The van der Waals surface area contributed by atoms with Crippen molar-refractivity contribution in [3.8, 4) is 0 Å². The van der Waals surface area contributed by atoms with E-state index in [4.69, 9.17) is 11.6 Å². The zero-order valence-electron chi connectivity index (χ0n) is 9.62. The fourth-order valence-electron chi connectivity index (χ4n) is 2.05. The highest BCUT2D eigenvalue weighted by molar-refractivity contribution is 6.17. The molecule has 1 aromatic carbocycles. The van der Waals surface area contributed by atoms with Crippen LogP contribution < -0.4 is 0 Å². The predicted octanol–water partition coefficient (Wildman–Crippen LogP) is 3.62. The second kappa shape index (κ2) is 5.35. The van der Waals surface area contributed by atoms with Crippen LogP contribution in [0.25, 0.3) is 11.0 Å². The average Bonchev–Trinajstić information content (AvgIpc) is 2.67. The second-order valence-electron chi connectivity index (χ2n) is 3.91. The maximum atomic E-state index is 5.69. The Morgan fingerprint density at radius 1 is 1.25 bits per heavy atom. The monoisotopic (exact) mass is 236 g/mol. The number of para-hydroxylation sites is 2. The number of imidazole rings is 1. The molecule has 0 unspecified atom stereocenters. The largest absolute Gasteiger partial charge is 0.328 e. The number of rotatable bonds is 5. The Morgan fingerprint density at radius 2 is 2.06 bits per heavy atom. The molecule has 0 N–H and O–H groups in total. The van der Waals surface area contributed by atoms with Gasteiger partial charge in [-0.1, -0.05) is 12.1 Å². The van der Waals surface area contributed by atoms with Crippen LogP contribution in [0, 0.1) is 0 Å². The third-order valence-corrected chi connectivity index (χ3v) is 3.10. The number of alkyl halides is 1. The number of halogens is 1. The average molecular weight is 237 g/mol. The van der Waals surface area contributed by atoms with Crippen LogP contribution in [0.4, 0.5) is 0 Å². The van der Waals surface area contributed by atoms with Crippen LogP contribution in [0.1, 0.15) is 25.6 Å². The third-order valence-electron chi connectivity index (χ3n) is 2.83. The van der Waals surface area contributed by atoms with E-state index in [0.29, 0.717) is 0 Å². The molecular formula is C13H17ClN2. The summed E-state index contributed by atoms with van der Waals surface area (Å²) in [4.78, 5) is 4.68. The Kier molecular flexibility index (Phi) is 3.83. The molecule has 0 aliphatic carbocycles. The summed E-state index contributed by atoms with van der Waals surface area (Å²) < 4.78 is 2.30. The standard InChI is InChI=1S/C13H17ClN2/c1-2-16-12-8-4-3-7-11(12)15-13(16)9-5-6-10-14/h3-4,7-8H,2,5-6,9-10H2,1H3. The van der Waals surface area contributed by atoms with Crippen molar-refractivity contribution in [3.63, 3.8) is 0 Å². The number of aryl methyl sites for hydroxylation is 2. The highest BCUT2D eigenvalue weighted by Crippen LogP contribution is 2.17. The van der Waals surface area contributed by atoms with Crippen LogP contribution in [-0.4, -0.2) is 15.4 Å². The van der Waals surface area contributed by atoms with Crippen molar-refractivity contribution in [2.75, 3.05) is 5.88 Å². The van der Waals surface area contributed by atoms with Crippen molar-refractivity contribution in [2.45, 2.75) is 32.7 Å². The van der Waals surface area contributed by atoms with Crippen LogP contribution in [0.15, 0.2) is 24.3 Å². The summed E-state index contributed by atoms with van der Waals surface area (Å²) in [5.74, 6) is 1.93. The van der Waals surface area contributed by atoms with Gasteiger partial charge in [-0.25, -0.2) is 4.98 Å². The Morgan fingerprint density at radius 3 is 2.81 bits per heavy atom. The second-order valence-corrected chi connectivity index (χ2v) is 4.29. The lowest BCUT2D eigenvalue weighted by Gasteiger charge is -2.04. The topological polar surface area (TPSA) is 17.8 Å². The number of fused-ring (bicyclic) bond motifs is 1. The van der Waals surface area contributed by atoms with Gasteiger partial charge in [-0.15, -0.1) is 11.6 Å². The van der Waals surface area contributed by atoms with Gasteiger partial charge in [-0.2, -0.15) is 0 Å². The SMILES string of the molecule is CCn1c(CCCCCl)nc2ccccc21. The summed E-state index contributed by atoms with van der Waals surface area (Å²) in [6.07, 6.45) is 3.20. The molecule has 2 aromatic rings. The molecule has 2 rings (SSSR count). The molecule has 0 saturated carbocycles. The van der Waals surface area contributed by atoms with Crippen molar-refractivity contribution in [1.82, 2.24) is 9.55 Å². The maximum absolute atomic E-state index is 5.69. The molecule has 0 bridgehead atoms. The van der Waals surface area contributed by atoms with Gasteiger partial charge in [0, 0.05) is 18.8 Å². The Bertz CT molecular complexity index is 462. The van der Waals surface area contributed by atoms with Crippen LogP contribution in [-0.2, 0) is 13.0 Å². The number of benzene rings is 1. The quantitative estimate of drug-likeness (QED) is 0.573. The first kappa shape index (κ1) is 11.5. The first-order valence-corrected chi connectivity index (χ1v) is 6.40. The molecule has 0 aliphatic heterocycles. The summed E-state index contributed by atoms with van der Waals surface area (Å²) in [6.45, 7) is 3.15. The van der Waals surface area contributed by atoms with E-state index in [9.17, 15) is 0 Å². The highest BCUT2D eigenvalue weighted by atomic mass is 35.5. The van der Waals surface area contributed by atoms with E-state index in [2.05, 4.69) is 34.7 Å². The molecule has 2 nitrogen and oxygen atoms in total. The summed E-state index contributed by atoms with van der Waals surface area (Å²) >= 11 is 5.69. The lowest BCUT2D eigenvalue weighted by Crippen LogP contribution is -2.01. The van der Waals surface area contributed by atoms with E-state index in [1.54, 1.807) is 0 Å². The lowest BCUT2D eigenvalue weighted by atomic mass is 10.2. The molecule has 0 saturated heterocycles. The lowest BCUT2D eigenvalue weighted by molar-refractivity contribution is 0.677. The van der Waals surface area contributed by atoms with Crippen molar-refractivity contribution in [3.05, 3.63) is 30.1 Å². The smallest absolute Gasteiger partial charge is 0.109 e. The van der Waals surface area contributed by atoms with Crippen LogP contribution in [0.5, 0.6) is 0 Å². The maximum Gasteiger partial charge on any atom is 0.109 e. The molecule has 86 valence electrons. The van der Waals surface area contributed by atoms with Crippen molar-refractivity contribution in [1.29, 1.82) is 0 Å². The van der Waals surface area contributed by atoms with Gasteiger partial charge in [0.15, 0.2) is 0 Å². The number of nitrogens with zero attached hydrogens (tertiary/aromatic N) is 2. The normalized spacial score (nSPS) is 11.1. The minimum Gasteiger partial charge on any atom is -0.328 e. The molecule has 1 aromatic heterocycles. The first-order chi connectivity index (χ1) is 7.86. The molecule has 16 heavy (non-hydrogen) atoms. The van der Waals surface area contributed by atoms with Gasteiger partial charge in [0.1, 0.15) is 5.82 Å². The van der Waals surface area contributed by atoms with Crippen molar-refractivity contribution >= 4 is 22.6 Å². The van der Waals surface area contributed by atoms with Gasteiger partial charge in [0.25, 0.3) is 0 Å². The number of aromatic nitrogens is 2. The Hall–Kier alpha value is -1.02. The molecule has 0 aliphatic rings. The summed E-state index contributed by atoms with van der Waals surface area (Å²) in [5, 5.41) is 0. The van der Waals surface area contributed by atoms with E-state index in [1.807, 2.05) is 6.07 Å². The van der Waals surface area contributed by atoms with Gasteiger partial charge in [-0.3, -0.25) is 0 Å². The number of unbranched alkanes of at least 4 members (excludes halogenated alkanes) is 1. The van der Waals surface area contributed by atoms with Gasteiger partial charge >= 0.3 is 0 Å². The fourth-order valence-corrected chi connectivity index (χ4v) is 2.24. The van der Waals surface area contributed by atoms with E-state index in [0.717, 1.165) is 37.2 Å². The van der Waals surface area contributed by atoms with Crippen LogP contribution >= 0.6 is 11.6 Å². The zero-order valence-corrected chi connectivity index (χ0v) is 10.4. The van der Waals surface area contributed by atoms with Gasteiger partial charge in [0.05, 0.1) is 11.0 Å². The Balaban J connectivity index is 2.29. The molecule has 1 heterocycles. The first-order valence-electron chi connectivity index (χ1n) is 5.87. The minimum atomic E-state index is 0.742. The Labute approximate surface area is 101 Å². The predicted molar refractivity (Wildman–Crippen MR) is 69.1 cm³/mol. The molecular weight excluding hydrogens is 220 g/mol.